The first kappa shape index (κ1) is 21.2. The Morgan fingerprint density at radius 2 is 1.60 bits per heavy atom. The lowest BCUT2D eigenvalue weighted by molar-refractivity contribution is 0.803. The molecule has 2 rings (SSSR count). The predicted octanol–water partition coefficient (Wildman–Crippen LogP) is 3.41. The van der Waals surface area contributed by atoms with Crippen molar-refractivity contribution in [2.75, 3.05) is 25.0 Å². The van der Waals surface area contributed by atoms with E-state index >= 15 is 0 Å². The van der Waals surface area contributed by atoms with Crippen molar-refractivity contribution in [3.8, 4) is 0 Å². The summed E-state index contributed by atoms with van der Waals surface area (Å²) in [6.07, 6.45) is 1.92. The van der Waals surface area contributed by atoms with Gasteiger partial charge in [-0.1, -0.05) is 36.4 Å². The standard InChI is InChI=1S/C19H27N5.HI/c1-4-24(5-2)18-12-11-17(14-21-18)15-23-19(20-3)22-13-16-9-7-6-8-10-16;/h6-12,14H,4-5,13,15H2,1-3H3,(H2,20,22,23);1H. The van der Waals surface area contributed by atoms with E-state index in [1.807, 2.05) is 24.4 Å². The van der Waals surface area contributed by atoms with Crippen LogP contribution in [0, 0.1) is 0 Å². The molecular weight excluding hydrogens is 425 g/mol. The molecule has 0 saturated carbocycles. The number of benzene rings is 1. The molecule has 0 aliphatic heterocycles. The van der Waals surface area contributed by atoms with Gasteiger partial charge in [-0.05, 0) is 31.0 Å². The Morgan fingerprint density at radius 3 is 2.12 bits per heavy atom. The topological polar surface area (TPSA) is 52.5 Å². The molecule has 0 spiro atoms. The van der Waals surface area contributed by atoms with Gasteiger partial charge in [0.25, 0.3) is 0 Å². The normalized spacial score (nSPS) is 10.8. The van der Waals surface area contributed by atoms with E-state index in [-0.39, 0.29) is 24.0 Å². The number of aliphatic imine (C=N–C) groups is 1. The van der Waals surface area contributed by atoms with E-state index in [0.717, 1.165) is 37.0 Å². The molecule has 0 aliphatic carbocycles. The Balaban J connectivity index is 0.00000312. The number of anilines is 1. The van der Waals surface area contributed by atoms with Crippen molar-refractivity contribution in [2.45, 2.75) is 26.9 Å². The fraction of sp³-hybridized carbons (Fsp3) is 0.368. The van der Waals surface area contributed by atoms with Crippen LogP contribution in [0.3, 0.4) is 0 Å². The molecule has 25 heavy (non-hydrogen) atoms. The molecule has 136 valence electrons. The predicted molar refractivity (Wildman–Crippen MR) is 117 cm³/mol. The minimum absolute atomic E-state index is 0. The van der Waals surface area contributed by atoms with Gasteiger partial charge in [0, 0.05) is 39.4 Å². The van der Waals surface area contributed by atoms with Crippen LogP contribution in [0.25, 0.3) is 0 Å². The summed E-state index contributed by atoms with van der Waals surface area (Å²) in [7, 11) is 1.78. The van der Waals surface area contributed by atoms with E-state index in [4.69, 9.17) is 0 Å². The average molecular weight is 453 g/mol. The van der Waals surface area contributed by atoms with E-state index in [1.165, 1.54) is 5.56 Å². The van der Waals surface area contributed by atoms with Gasteiger partial charge in [0.05, 0.1) is 0 Å². The highest BCUT2D eigenvalue weighted by Gasteiger charge is 2.04. The van der Waals surface area contributed by atoms with E-state index in [2.05, 4.69) is 63.6 Å². The van der Waals surface area contributed by atoms with Gasteiger partial charge in [0.15, 0.2) is 5.96 Å². The molecule has 0 amide bonds. The molecule has 0 bridgehead atoms. The molecule has 1 aromatic carbocycles. The third kappa shape index (κ3) is 6.89. The molecule has 1 aromatic heterocycles. The van der Waals surface area contributed by atoms with Crippen LogP contribution in [0.4, 0.5) is 5.82 Å². The van der Waals surface area contributed by atoms with Crippen LogP contribution in [0.1, 0.15) is 25.0 Å². The van der Waals surface area contributed by atoms with Gasteiger partial charge >= 0.3 is 0 Å². The number of hydrogen-bond donors (Lipinski definition) is 2. The van der Waals surface area contributed by atoms with Crippen LogP contribution in [-0.2, 0) is 13.1 Å². The summed E-state index contributed by atoms with van der Waals surface area (Å²) >= 11 is 0. The maximum absolute atomic E-state index is 4.54. The van der Waals surface area contributed by atoms with Gasteiger partial charge in [-0.3, -0.25) is 4.99 Å². The SMILES string of the molecule is CCN(CC)c1ccc(CNC(=NC)NCc2ccccc2)cn1.I. The Bertz CT molecular complexity index is 624. The monoisotopic (exact) mass is 453 g/mol. The smallest absolute Gasteiger partial charge is 0.191 e. The molecule has 0 aliphatic rings. The fourth-order valence-electron chi connectivity index (χ4n) is 2.44. The highest BCUT2D eigenvalue weighted by atomic mass is 127. The molecule has 2 aromatic rings. The number of pyridine rings is 1. The van der Waals surface area contributed by atoms with E-state index < -0.39 is 0 Å². The molecule has 0 fully saturated rings. The van der Waals surface area contributed by atoms with Crippen LogP contribution in [0.5, 0.6) is 0 Å². The molecule has 5 nitrogen and oxygen atoms in total. The van der Waals surface area contributed by atoms with Gasteiger partial charge < -0.3 is 15.5 Å². The molecule has 1 heterocycles. The molecule has 0 saturated heterocycles. The van der Waals surface area contributed by atoms with Crippen molar-refractivity contribution in [3.05, 3.63) is 59.8 Å². The first-order valence-corrected chi connectivity index (χ1v) is 8.45. The molecule has 6 heteroatoms. The fourth-order valence-corrected chi connectivity index (χ4v) is 2.44. The zero-order chi connectivity index (χ0) is 17.2. The van der Waals surface area contributed by atoms with Gasteiger partial charge in [0.1, 0.15) is 5.82 Å². The minimum Gasteiger partial charge on any atom is -0.357 e. The quantitative estimate of drug-likeness (QED) is 0.384. The lowest BCUT2D eigenvalue weighted by atomic mass is 10.2. The Hall–Kier alpha value is -1.83. The highest BCUT2D eigenvalue weighted by Crippen LogP contribution is 2.10. The maximum Gasteiger partial charge on any atom is 0.191 e. The summed E-state index contributed by atoms with van der Waals surface area (Å²) in [5.74, 6) is 1.81. The second-order valence-electron chi connectivity index (χ2n) is 5.46. The van der Waals surface area contributed by atoms with Crippen molar-refractivity contribution in [2.24, 2.45) is 4.99 Å². The van der Waals surface area contributed by atoms with E-state index in [0.29, 0.717) is 6.54 Å². The molecule has 2 N–H and O–H groups in total. The third-order valence-electron chi connectivity index (χ3n) is 3.88. The summed E-state index contributed by atoms with van der Waals surface area (Å²) < 4.78 is 0. The zero-order valence-corrected chi connectivity index (χ0v) is 17.5. The molecular formula is C19H28IN5. The van der Waals surface area contributed by atoms with Gasteiger partial charge in [-0.25, -0.2) is 4.98 Å². The summed E-state index contributed by atoms with van der Waals surface area (Å²) in [5.41, 5.74) is 2.36. The number of hydrogen-bond acceptors (Lipinski definition) is 3. The zero-order valence-electron chi connectivity index (χ0n) is 15.2. The van der Waals surface area contributed by atoms with Crippen LogP contribution in [0.2, 0.25) is 0 Å². The summed E-state index contributed by atoms with van der Waals surface area (Å²) in [5, 5.41) is 6.63. The van der Waals surface area contributed by atoms with E-state index in [9.17, 15) is 0 Å². The Morgan fingerprint density at radius 1 is 0.960 bits per heavy atom. The van der Waals surface area contributed by atoms with Crippen molar-refractivity contribution in [1.29, 1.82) is 0 Å². The van der Waals surface area contributed by atoms with Crippen LogP contribution >= 0.6 is 24.0 Å². The number of nitrogens with one attached hydrogen (secondary N) is 2. The molecule has 0 unspecified atom stereocenters. The number of guanidine groups is 1. The largest absolute Gasteiger partial charge is 0.357 e. The number of halogens is 1. The van der Waals surface area contributed by atoms with Crippen molar-refractivity contribution in [1.82, 2.24) is 15.6 Å². The maximum atomic E-state index is 4.54. The van der Waals surface area contributed by atoms with Crippen LogP contribution in [0.15, 0.2) is 53.7 Å². The van der Waals surface area contributed by atoms with Gasteiger partial charge in [-0.15, -0.1) is 24.0 Å². The Labute approximate surface area is 168 Å². The van der Waals surface area contributed by atoms with E-state index in [1.54, 1.807) is 7.05 Å². The number of aromatic nitrogens is 1. The second kappa shape index (κ2) is 11.7. The lowest BCUT2D eigenvalue weighted by Gasteiger charge is -2.19. The van der Waals surface area contributed by atoms with Gasteiger partial charge in [0.2, 0.25) is 0 Å². The lowest BCUT2D eigenvalue weighted by Crippen LogP contribution is -2.36. The van der Waals surface area contributed by atoms with Crippen molar-refractivity contribution in [3.63, 3.8) is 0 Å². The number of rotatable bonds is 7. The second-order valence-corrected chi connectivity index (χ2v) is 5.46. The van der Waals surface area contributed by atoms with Crippen LogP contribution in [-0.4, -0.2) is 31.1 Å². The van der Waals surface area contributed by atoms with Crippen molar-refractivity contribution < 1.29 is 0 Å². The summed E-state index contributed by atoms with van der Waals surface area (Å²) in [6.45, 7) is 7.67. The number of nitrogens with zero attached hydrogens (tertiary/aromatic N) is 3. The summed E-state index contributed by atoms with van der Waals surface area (Å²) in [6, 6.07) is 14.5. The van der Waals surface area contributed by atoms with Crippen LogP contribution < -0.4 is 15.5 Å². The van der Waals surface area contributed by atoms with Gasteiger partial charge in [-0.2, -0.15) is 0 Å². The molecule has 0 radical (unpaired) electrons. The third-order valence-corrected chi connectivity index (χ3v) is 3.88. The first-order valence-electron chi connectivity index (χ1n) is 8.45. The first-order chi connectivity index (χ1) is 11.8. The summed E-state index contributed by atoms with van der Waals surface area (Å²) in [4.78, 5) is 11.0. The highest BCUT2D eigenvalue weighted by molar-refractivity contribution is 14.0. The molecule has 0 atom stereocenters. The Kier molecular flexibility index (Phi) is 9.91. The van der Waals surface area contributed by atoms with Crippen molar-refractivity contribution >= 4 is 35.8 Å². The average Bonchev–Trinajstić information content (AvgIpc) is 2.65. The minimum atomic E-state index is 0.